The van der Waals surface area contributed by atoms with Crippen LogP contribution in [0.4, 0.5) is 0 Å². The minimum Gasteiger partial charge on any atom is -0.440 e. The number of nitrogens with two attached hydrogens (primary N) is 2. The van der Waals surface area contributed by atoms with E-state index in [2.05, 4.69) is 0 Å². The van der Waals surface area contributed by atoms with Gasteiger partial charge in [-0.05, 0) is 12.5 Å². The topological polar surface area (TPSA) is 85.1 Å². The van der Waals surface area contributed by atoms with E-state index in [0.29, 0.717) is 22.9 Å². The van der Waals surface area contributed by atoms with E-state index >= 15 is 0 Å². The molecule has 76 valence electrons. The van der Waals surface area contributed by atoms with Crippen LogP contribution in [0, 0.1) is 11.3 Å². The second-order valence-corrected chi connectivity index (χ2v) is 3.58. The lowest BCUT2D eigenvalue weighted by Gasteiger charge is -2.23. The highest BCUT2D eigenvalue weighted by Crippen LogP contribution is 2.34. The monoisotopic (exact) mass is 221 g/mol. The van der Waals surface area contributed by atoms with Crippen molar-refractivity contribution >= 4 is 11.6 Å². The molecule has 0 fully saturated rings. The molecule has 0 radical (unpaired) electrons. The molecule has 0 aromatic rings. The summed E-state index contributed by atoms with van der Waals surface area (Å²) in [7, 11) is 0. The van der Waals surface area contributed by atoms with Gasteiger partial charge in [0.1, 0.15) is 17.4 Å². The van der Waals surface area contributed by atoms with Crippen LogP contribution in [0.15, 0.2) is 45.7 Å². The molecule has 0 saturated heterocycles. The first-order chi connectivity index (χ1) is 7.13. The van der Waals surface area contributed by atoms with Gasteiger partial charge in [-0.25, -0.2) is 0 Å². The maximum Gasteiger partial charge on any atom is 0.210 e. The molecule has 0 aromatic carbocycles. The van der Waals surface area contributed by atoms with Crippen molar-refractivity contribution in [1.29, 1.82) is 5.26 Å². The second kappa shape index (κ2) is 3.37. The third-order valence-electron chi connectivity index (χ3n) is 2.24. The third kappa shape index (κ3) is 1.47. The van der Waals surface area contributed by atoms with Crippen LogP contribution in [0.5, 0.6) is 0 Å². The van der Waals surface area contributed by atoms with E-state index in [1.54, 1.807) is 12.2 Å². The predicted molar refractivity (Wildman–Crippen MR) is 55.8 cm³/mol. The molecule has 4 nitrogen and oxygen atoms in total. The number of nitriles is 1. The minimum atomic E-state index is 0.0244. The summed E-state index contributed by atoms with van der Waals surface area (Å²) in [5.74, 6) is 0.549. The van der Waals surface area contributed by atoms with Crippen LogP contribution in [0.1, 0.15) is 6.42 Å². The molecule has 5 heteroatoms. The van der Waals surface area contributed by atoms with E-state index in [1.165, 1.54) is 0 Å². The Morgan fingerprint density at radius 2 is 2.20 bits per heavy atom. The maximum absolute atomic E-state index is 8.83. The number of ether oxygens (including phenoxy) is 1. The van der Waals surface area contributed by atoms with Gasteiger partial charge in [0.25, 0.3) is 0 Å². The Labute approximate surface area is 91.7 Å². The van der Waals surface area contributed by atoms with Crippen molar-refractivity contribution in [2.75, 3.05) is 0 Å². The zero-order valence-electron chi connectivity index (χ0n) is 7.75. The van der Waals surface area contributed by atoms with Gasteiger partial charge in [-0.15, -0.1) is 0 Å². The lowest BCUT2D eigenvalue weighted by molar-refractivity contribution is 0.298. The zero-order chi connectivity index (χ0) is 11.0. The molecule has 4 N–H and O–H groups in total. The maximum atomic E-state index is 8.83. The van der Waals surface area contributed by atoms with Crippen molar-refractivity contribution < 1.29 is 4.74 Å². The van der Waals surface area contributed by atoms with Gasteiger partial charge in [0.2, 0.25) is 5.88 Å². The summed E-state index contributed by atoms with van der Waals surface area (Å²) in [4.78, 5) is 0. The first-order valence-corrected chi connectivity index (χ1v) is 4.65. The molecule has 0 unspecified atom stereocenters. The smallest absolute Gasteiger partial charge is 0.210 e. The Kier molecular flexibility index (Phi) is 2.18. The Balaban J connectivity index is 2.54. The van der Waals surface area contributed by atoms with Crippen LogP contribution in [0.3, 0.4) is 0 Å². The number of nitrogens with zero attached hydrogens (tertiary/aromatic N) is 1. The number of fused-ring (bicyclic) bond motifs is 1. The van der Waals surface area contributed by atoms with Crippen LogP contribution in [-0.2, 0) is 4.74 Å². The van der Waals surface area contributed by atoms with E-state index in [0.717, 1.165) is 5.57 Å². The molecule has 1 aliphatic heterocycles. The summed E-state index contributed by atoms with van der Waals surface area (Å²) in [6.07, 6.45) is 3.98. The number of halogens is 1. The van der Waals surface area contributed by atoms with E-state index in [1.807, 2.05) is 6.07 Å². The fraction of sp³-hybridized carbons (Fsp3) is 0.100. The Morgan fingerprint density at radius 1 is 1.47 bits per heavy atom. The fourth-order valence-corrected chi connectivity index (χ4v) is 1.65. The van der Waals surface area contributed by atoms with Gasteiger partial charge in [-0.3, -0.25) is 0 Å². The molecule has 2 rings (SSSR count). The van der Waals surface area contributed by atoms with Crippen LogP contribution < -0.4 is 11.5 Å². The Bertz CT molecular complexity index is 491. The van der Waals surface area contributed by atoms with Crippen LogP contribution in [0.2, 0.25) is 0 Å². The summed E-state index contributed by atoms with van der Waals surface area (Å²) >= 11 is 5.82. The minimum absolute atomic E-state index is 0.0244. The lowest BCUT2D eigenvalue weighted by atomic mass is 9.98. The highest BCUT2D eigenvalue weighted by atomic mass is 35.5. The van der Waals surface area contributed by atoms with E-state index in [-0.39, 0.29) is 11.5 Å². The highest BCUT2D eigenvalue weighted by Gasteiger charge is 2.25. The lowest BCUT2D eigenvalue weighted by Crippen LogP contribution is -2.20. The van der Waals surface area contributed by atoms with Crippen molar-refractivity contribution in [3.05, 3.63) is 45.7 Å². The van der Waals surface area contributed by atoms with Crippen molar-refractivity contribution in [1.82, 2.24) is 0 Å². The molecule has 1 aliphatic carbocycles. The molecular formula is C10H8ClN3O. The molecule has 15 heavy (non-hydrogen) atoms. The van der Waals surface area contributed by atoms with Crippen molar-refractivity contribution in [2.24, 2.45) is 11.5 Å². The van der Waals surface area contributed by atoms with Gasteiger partial charge in [-0.1, -0.05) is 17.7 Å². The van der Waals surface area contributed by atoms with E-state index in [4.69, 9.17) is 33.1 Å². The van der Waals surface area contributed by atoms with Gasteiger partial charge < -0.3 is 16.2 Å². The average Bonchev–Trinajstić information content (AvgIpc) is 2.17. The molecule has 2 aliphatic rings. The van der Waals surface area contributed by atoms with Crippen LogP contribution in [0.25, 0.3) is 0 Å². The highest BCUT2D eigenvalue weighted by molar-refractivity contribution is 6.31. The Morgan fingerprint density at radius 3 is 2.87 bits per heavy atom. The summed E-state index contributed by atoms with van der Waals surface area (Å²) in [5.41, 5.74) is 12.7. The number of hydrogen-bond donors (Lipinski definition) is 2. The zero-order valence-corrected chi connectivity index (χ0v) is 8.51. The summed E-state index contributed by atoms with van der Waals surface area (Å²) in [6, 6.07) is 1.91. The van der Waals surface area contributed by atoms with Gasteiger partial charge in [0.05, 0.1) is 5.70 Å². The molecule has 0 spiro atoms. The summed E-state index contributed by atoms with van der Waals surface area (Å²) in [5, 5.41) is 9.41. The van der Waals surface area contributed by atoms with Crippen LogP contribution >= 0.6 is 11.6 Å². The van der Waals surface area contributed by atoms with Crippen LogP contribution in [-0.4, -0.2) is 0 Å². The standard InChI is InChI=1S/C10H8ClN3O/c11-5-1-2-6-8(3-5)15-10(14)7(4-12)9(6)13/h1,3H,2,13-14H2. The van der Waals surface area contributed by atoms with E-state index < -0.39 is 0 Å². The molecule has 0 aromatic heterocycles. The molecule has 0 amide bonds. The first kappa shape index (κ1) is 9.69. The number of hydrogen-bond acceptors (Lipinski definition) is 4. The molecular weight excluding hydrogens is 214 g/mol. The van der Waals surface area contributed by atoms with E-state index in [9.17, 15) is 0 Å². The largest absolute Gasteiger partial charge is 0.440 e. The molecule has 1 heterocycles. The van der Waals surface area contributed by atoms with Crippen molar-refractivity contribution in [3.8, 4) is 6.07 Å². The van der Waals surface area contributed by atoms with Crippen molar-refractivity contribution in [3.63, 3.8) is 0 Å². The van der Waals surface area contributed by atoms with Gasteiger partial charge in [0.15, 0.2) is 0 Å². The molecule has 0 bridgehead atoms. The quantitative estimate of drug-likeness (QED) is 0.646. The molecule has 0 saturated carbocycles. The summed E-state index contributed by atoms with van der Waals surface area (Å²) < 4.78 is 5.27. The summed E-state index contributed by atoms with van der Waals surface area (Å²) in [6.45, 7) is 0. The predicted octanol–water partition coefficient (Wildman–Crippen LogP) is 1.33. The number of allylic oxidation sites excluding steroid dienone is 5. The third-order valence-corrected chi connectivity index (χ3v) is 2.50. The van der Waals surface area contributed by atoms with Crippen molar-refractivity contribution in [2.45, 2.75) is 6.42 Å². The van der Waals surface area contributed by atoms with Gasteiger partial charge >= 0.3 is 0 Å². The number of rotatable bonds is 0. The SMILES string of the molecule is N#CC1=C(N)OC2=CC(Cl)=CCC2=C1N. The van der Waals surface area contributed by atoms with Gasteiger partial charge in [0, 0.05) is 10.6 Å². The second-order valence-electron chi connectivity index (χ2n) is 3.15. The molecule has 0 atom stereocenters. The first-order valence-electron chi connectivity index (χ1n) is 4.28. The fourth-order valence-electron chi connectivity index (χ4n) is 1.47. The Hall–Kier alpha value is -1.86. The normalized spacial score (nSPS) is 20.0. The average molecular weight is 222 g/mol. The van der Waals surface area contributed by atoms with Gasteiger partial charge in [-0.2, -0.15) is 5.26 Å².